The van der Waals surface area contributed by atoms with E-state index in [1.54, 1.807) is 20.3 Å². The molecule has 0 aliphatic heterocycles. The lowest BCUT2D eigenvalue weighted by Crippen LogP contribution is -2.01. The van der Waals surface area contributed by atoms with E-state index in [-0.39, 0.29) is 0 Å². The van der Waals surface area contributed by atoms with E-state index in [0.717, 1.165) is 29.9 Å². The van der Waals surface area contributed by atoms with Crippen LogP contribution in [0.2, 0.25) is 0 Å². The number of nitrogen functional groups attached to an aromatic ring is 1. The summed E-state index contributed by atoms with van der Waals surface area (Å²) >= 11 is 0. The molecule has 0 fully saturated rings. The summed E-state index contributed by atoms with van der Waals surface area (Å²) in [4.78, 5) is 8.77. The summed E-state index contributed by atoms with van der Waals surface area (Å²) in [6, 6.07) is 7.43. The third kappa shape index (κ3) is 2.99. The normalized spacial score (nSPS) is 10.3. The number of methoxy groups -OCH3 is 2. The average molecular weight is 273 g/mol. The van der Waals surface area contributed by atoms with E-state index in [1.807, 2.05) is 18.2 Å². The number of aryl methyl sites for hydroxylation is 1. The topological polar surface area (TPSA) is 70.3 Å². The highest BCUT2D eigenvalue weighted by molar-refractivity contribution is 5.65. The zero-order valence-electron chi connectivity index (χ0n) is 12.0. The van der Waals surface area contributed by atoms with Crippen molar-refractivity contribution in [2.45, 2.75) is 19.8 Å². The van der Waals surface area contributed by atoms with E-state index < -0.39 is 0 Å². The van der Waals surface area contributed by atoms with Crippen LogP contribution >= 0.6 is 0 Å². The van der Waals surface area contributed by atoms with Crippen LogP contribution in [0.1, 0.15) is 19.2 Å². The number of hydrogen-bond acceptors (Lipinski definition) is 5. The lowest BCUT2D eigenvalue weighted by molar-refractivity contribution is 0.355. The molecule has 0 aliphatic rings. The van der Waals surface area contributed by atoms with Gasteiger partial charge in [-0.05, 0) is 24.6 Å². The van der Waals surface area contributed by atoms with Gasteiger partial charge in [-0.2, -0.15) is 0 Å². The minimum absolute atomic E-state index is 0.480. The minimum atomic E-state index is 0.480. The van der Waals surface area contributed by atoms with Gasteiger partial charge >= 0.3 is 0 Å². The van der Waals surface area contributed by atoms with Gasteiger partial charge in [-0.15, -0.1) is 0 Å². The Morgan fingerprint density at radius 3 is 2.45 bits per heavy atom. The lowest BCUT2D eigenvalue weighted by atomic mass is 10.1. The van der Waals surface area contributed by atoms with E-state index in [2.05, 4.69) is 16.9 Å². The first-order chi connectivity index (χ1) is 9.67. The number of rotatable bonds is 5. The molecule has 0 saturated carbocycles. The Kier molecular flexibility index (Phi) is 4.40. The third-order valence-electron chi connectivity index (χ3n) is 2.95. The molecule has 0 unspecified atom stereocenters. The highest BCUT2D eigenvalue weighted by atomic mass is 16.5. The van der Waals surface area contributed by atoms with Crippen molar-refractivity contribution in [1.82, 2.24) is 9.97 Å². The van der Waals surface area contributed by atoms with Gasteiger partial charge in [0.25, 0.3) is 0 Å². The second-order valence-corrected chi connectivity index (χ2v) is 4.41. The van der Waals surface area contributed by atoms with Crippen LogP contribution in [0.25, 0.3) is 11.3 Å². The molecule has 0 bridgehead atoms. The van der Waals surface area contributed by atoms with Crippen LogP contribution in [0.4, 0.5) is 5.82 Å². The number of ether oxygens (including phenoxy) is 2. The van der Waals surface area contributed by atoms with E-state index in [4.69, 9.17) is 15.2 Å². The fourth-order valence-corrected chi connectivity index (χ4v) is 2.00. The van der Waals surface area contributed by atoms with Crippen LogP contribution in [-0.2, 0) is 6.42 Å². The van der Waals surface area contributed by atoms with Crippen LogP contribution in [0.15, 0.2) is 24.3 Å². The van der Waals surface area contributed by atoms with Crippen LogP contribution in [0.5, 0.6) is 11.5 Å². The second-order valence-electron chi connectivity index (χ2n) is 4.41. The number of hydrogen-bond donors (Lipinski definition) is 1. The quantitative estimate of drug-likeness (QED) is 0.907. The zero-order valence-corrected chi connectivity index (χ0v) is 12.0. The van der Waals surface area contributed by atoms with E-state index in [0.29, 0.717) is 17.3 Å². The molecule has 2 rings (SSSR count). The molecule has 106 valence electrons. The summed E-state index contributed by atoms with van der Waals surface area (Å²) in [5.41, 5.74) is 7.57. The van der Waals surface area contributed by atoms with Crippen molar-refractivity contribution in [3.63, 3.8) is 0 Å². The Bertz CT molecular complexity index is 600. The SMILES string of the molecule is CCCc1nc(N)cc(-c2ccc(OC)c(OC)c2)n1. The maximum atomic E-state index is 5.85. The first-order valence-corrected chi connectivity index (χ1v) is 6.53. The van der Waals surface area contributed by atoms with Crippen molar-refractivity contribution >= 4 is 5.82 Å². The number of nitrogens with zero attached hydrogens (tertiary/aromatic N) is 2. The predicted octanol–water partition coefficient (Wildman–Crippen LogP) is 2.70. The van der Waals surface area contributed by atoms with Gasteiger partial charge < -0.3 is 15.2 Å². The maximum Gasteiger partial charge on any atom is 0.161 e. The molecule has 0 amide bonds. The molecule has 5 heteroatoms. The molecule has 2 aromatic rings. The predicted molar refractivity (Wildman–Crippen MR) is 79.0 cm³/mol. The van der Waals surface area contributed by atoms with Crippen molar-refractivity contribution in [1.29, 1.82) is 0 Å². The van der Waals surface area contributed by atoms with Crippen LogP contribution in [0, 0.1) is 0 Å². The second kappa shape index (κ2) is 6.23. The standard InChI is InChI=1S/C15H19N3O2/c1-4-5-15-17-11(9-14(16)18-15)10-6-7-12(19-2)13(8-10)20-3/h6-9H,4-5H2,1-3H3,(H2,16,17,18). The average Bonchev–Trinajstić information content (AvgIpc) is 2.46. The molecule has 0 saturated heterocycles. The van der Waals surface area contributed by atoms with Gasteiger partial charge in [-0.1, -0.05) is 6.92 Å². The van der Waals surface area contributed by atoms with Gasteiger partial charge in [-0.25, -0.2) is 9.97 Å². The molecule has 1 heterocycles. The molecule has 1 aromatic carbocycles. The maximum absolute atomic E-state index is 5.85. The van der Waals surface area contributed by atoms with Crippen LogP contribution in [0.3, 0.4) is 0 Å². The van der Waals surface area contributed by atoms with Crippen LogP contribution < -0.4 is 15.2 Å². The molecule has 0 radical (unpaired) electrons. The Hall–Kier alpha value is -2.30. The van der Waals surface area contributed by atoms with Gasteiger partial charge in [-0.3, -0.25) is 0 Å². The summed E-state index contributed by atoms with van der Waals surface area (Å²) in [5.74, 6) is 2.59. The Balaban J connectivity index is 2.45. The van der Waals surface area contributed by atoms with Crippen LogP contribution in [-0.4, -0.2) is 24.2 Å². The largest absolute Gasteiger partial charge is 0.493 e. The summed E-state index contributed by atoms with van der Waals surface area (Å²) in [6.45, 7) is 2.09. The summed E-state index contributed by atoms with van der Waals surface area (Å²) in [5, 5.41) is 0. The van der Waals surface area contributed by atoms with Gasteiger partial charge in [0.05, 0.1) is 19.9 Å². The van der Waals surface area contributed by atoms with Crippen molar-refractivity contribution in [3.05, 3.63) is 30.1 Å². The Morgan fingerprint density at radius 2 is 1.80 bits per heavy atom. The fourth-order valence-electron chi connectivity index (χ4n) is 2.00. The number of nitrogens with two attached hydrogens (primary N) is 1. The number of benzene rings is 1. The van der Waals surface area contributed by atoms with Crippen molar-refractivity contribution in [2.24, 2.45) is 0 Å². The minimum Gasteiger partial charge on any atom is -0.493 e. The van der Waals surface area contributed by atoms with Gasteiger partial charge in [0.1, 0.15) is 11.6 Å². The van der Waals surface area contributed by atoms with Gasteiger partial charge in [0.15, 0.2) is 11.5 Å². The van der Waals surface area contributed by atoms with Gasteiger partial charge in [0.2, 0.25) is 0 Å². The van der Waals surface area contributed by atoms with E-state index >= 15 is 0 Å². The third-order valence-corrected chi connectivity index (χ3v) is 2.95. The number of aromatic nitrogens is 2. The first-order valence-electron chi connectivity index (χ1n) is 6.53. The monoisotopic (exact) mass is 273 g/mol. The summed E-state index contributed by atoms with van der Waals surface area (Å²) in [7, 11) is 3.22. The molecule has 20 heavy (non-hydrogen) atoms. The molecule has 0 atom stereocenters. The van der Waals surface area contributed by atoms with E-state index in [1.165, 1.54) is 0 Å². The summed E-state index contributed by atoms with van der Waals surface area (Å²) in [6.07, 6.45) is 1.79. The van der Waals surface area contributed by atoms with E-state index in [9.17, 15) is 0 Å². The molecular formula is C15H19N3O2. The van der Waals surface area contributed by atoms with Gasteiger partial charge in [0, 0.05) is 18.1 Å². The number of anilines is 1. The molecule has 0 aliphatic carbocycles. The van der Waals surface area contributed by atoms with Crippen molar-refractivity contribution in [3.8, 4) is 22.8 Å². The van der Waals surface area contributed by atoms with Crippen molar-refractivity contribution in [2.75, 3.05) is 20.0 Å². The molecule has 5 nitrogen and oxygen atoms in total. The molecular weight excluding hydrogens is 254 g/mol. The highest BCUT2D eigenvalue weighted by Gasteiger charge is 2.09. The fraction of sp³-hybridized carbons (Fsp3) is 0.333. The lowest BCUT2D eigenvalue weighted by Gasteiger charge is -2.10. The molecule has 1 aromatic heterocycles. The zero-order chi connectivity index (χ0) is 14.5. The highest BCUT2D eigenvalue weighted by Crippen LogP contribution is 2.31. The van der Waals surface area contributed by atoms with Crippen molar-refractivity contribution < 1.29 is 9.47 Å². The first kappa shape index (κ1) is 14.1. The summed E-state index contributed by atoms with van der Waals surface area (Å²) < 4.78 is 10.5. The molecule has 0 spiro atoms. The molecule has 2 N–H and O–H groups in total. The Morgan fingerprint density at radius 1 is 1.05 bits per heavy atom. The smallest absolute Gasteiger partial charge is 0.161 e. The Labute approximate surface area is 118 Å².